The Bertz CT molecular complexity index is 873. The lowest BCUT2D eigenvalue weighted by molar-refractivity contribution is -0.120. The number of phenolic OH excluding ortho intramolecular Hbond substituents is 1. The maximum Gasteiger partial charge on any atom is 0.236 e. The highest BCUT2D eigenvalue weighted by Crippen LogP contribution is 2.19. The monoisotopic (exact) mass is 367 g/mol. The minimum absolute atomic E-state index is 0.0440. The number of phenols is 1. The number of hydrogen-bond acceptors (Lipinski definition) is 6. The summed E-state index contributed by atoms with van der Waals surface area (Å²) in [7, 11) is 1.60. The summed E-state index contributed by atoms with van der Waals surface area (Å²) in [6.07, 6.45) is 1.67. The summed E-state index contributed by atoms with van der Waals surface area (Å²) in [6, 6.07) is 14.3. The van der Waals surface area contributed by atoms with Gasteiger partial charge in [0, 0.05) is 12.1 Å². The molecule has 0 bridgehead atoms. The standard InChI is InChI=1S/C20H21N3O4/c1-26-17-10-6-15(7-11-17)20-22-19(27-23-20)13-18(25)21-12-2-3-14-4-8-16(24)9-5-14/h4-11,24H,2-3,12-13H2,1H3,(H,21,25). The molecule has 7 nitrogen and oxygen atoms in total. The lowest BCUT2D eigenvalue weighted by Crippen LogP contribution is -2.26. The molecule has 1 amide bonds. The molecule has 0 unspecified atom stereocenters. The number of rotatable bonds is 8. The topological polar surface area (TPSA) is 97.5 Å². The molecule has 0 aliphatic heterocycles. The summed E-state index contributed by atoms with van der Waals surface area (Å²) < 4.78 is 10.3. The SMILES string of the molecule is COc1ccc(-c2noc(CC(=O)NCCCc3ccc(O)cc3)n2)cc1. The van der Waals surface area contributed by atoms with Gasteiger partial charge in [0.25, 0.3) is 0 Å². The molecular weight excluding hydrogens is 346 g/mol. The molecule has 140 valence electrons. The first-order chi connectivity index (χ1) is 13.1. The van der Waals surface area contributed by atoms with E-state index >= 15 is 0 Å². The summed E-state index contributed by atoms with van der Waals surface area (Å²) in [5.74, 6) is 1.55. The molecular formula is C20H21N3O4. The van der Waals surface area contributed by atoms with Gasteiger partial charge in [0.15, 0.2) is 0 Å². The van der Waals surface area contributed by atoms with Crippen molar-refractivity contribution in [2.75, 3.05) is 13.7 Å². The van der Waals surface area contributed by atoms with E-state index in [1.807, 2.05) is 36.4 Å². The van der Waals surface area contributed by atoms with Crippen molar-refractivity contribution in [3.63, 3.8) is 0 Å². The van der Waals surface area contributed by atoms with Crippen molar-refractivity contribution in [2.45, 2.75) is 19.3 Å². The predicted octanol–water partition coefficient (Wildman–Crippen LogP) is 2.74. The van der Waals surface area contributed by atoms with Crippen LogP contribution >= 0.6 is 0 Å². The Kier molecular flexibility index (Phi) is 6.04. The number of aryl methyl sites for hydroxylation is 1. The van der Waals surface area contributed by atoms with Gasteiger partial charge in [-0.3, -0.25) is 4.79 Å². The fourth-order valence-corrected chi connectivity index (χ4v) is 2.57. The van der Waals surface area contributed by atoms with Gasteiger partial charge in [-0.25, -0.2) is 0 Å². The molecule has 0 spiro atoms. The van der Waals surface area contributed by atoms with E-state index in [4.69, 9.17) is 9.26 Å². The highest BCUT2D eigenvalue weighted by atomic mass is 16.5. The second-order valence-corrected chi connectivity index (χ2v) is 6.04. The second-order valence-electron chi connectivity index (χ2n) is 6.04. The number of amides is 1. The normalized spacial score (nSPS) is 10.6. The van der Waals surface area contributed by atoms with E-state index in [0.29, 0.717) is 12.4 Å². The Morgan fingerprint density at radius 2 is 1.89 bits per heavy atom. The van der Waals surface area contributed by atoms with Crippen LogP contribution in [-0.4, -0.2) is 34.8 Å². The average Bonchev–Trinajstić information content (AvgIpc) is 3.15. The molecule has 2 N–H and O–H groups in total. The number of methoxy groups -OCH3 is 1. The summed E-state index contributed by atoms with van der Waals surface area (Å²) >= 11 is 0. The molecule has 7 heteroatoms. The van der Waals surface area contributed by atoms with E-state index in [1.165, 1.54) is 0 Å². The van der Waals surface area contributed by atoms with Crippen LogP contribution in [0.25, 0.3) is 11.4 Å². The number of ether oxygens (including phenoxy) is 1. The molecule has 0 aliphatic carbocycles. The molecule has 3 aromatic rings. The van der Waals surface area contributed by atoms with Crippen LogP contribution in [0.1, 0.15) is 17.9 Å². The van der Waals surface area contributed by atoms with Crippen molar-refractivity contribution in [1.29, 1.82) is 0 Å². The zero-order valence-corrected chi connectivity index (χ0v) is 15.0. The van der Waals surface area contributed by atoms with E-state index in [2.05, 4.69) is 15.5 Å². The molecule has 0 atom stereocenters. The van der Waals surface area contributed by atoms with Crippen LogP contribution in [0.4, 0.5) is 0 Å². The van der Waals surface area contributed by atoms with Gasteiger partial charge in [0.1, 0.15) is 17.9 Å². The first-order valence-electron chi connectivity index (χ1n) is 8.65. The second kappa shape index (κ2) is 8.84. The van der Waals surface area contributed by atoms with Gasteiger partial charge in [0.2, 0.25) is 17.6 Å². The maximum atomic E-state index is 12.0. The third kappa shape index (κ3) is 5.31. The maximum absolute atomic E-state index is 12.0. The third-order valence-electron chi connectivity index (χ3n) is 4.03. The fraction of sp³-hybridized carbons (Fsp3) is 0.250. The molecule has 0 fully saturated rings. The van der Waals surface area contributed by atoms with E-state index in [1.54, 1.807) is 19.2 Å². The summed E-state index contributed by atoms with van der Waals surface area (Å²) in [6.45, 7) is 0.555. The largest absolute Gasteiger partial charge is 0.508 e. The Hall–Kier alpha value is -3.35. The van der Waals surface area contributed by atoms with Crippen molar-refractivity contribution < 1.29 is 19.2 Å². The quantitative estimate of drug-likeness (QED) is 0.594. The smallest absolute Gasteiger partial charge is 0.236 e. The predicted molar refractivity (Wildman–Crippen MR) is 99.4 cm³/mol. The zero-order chi connectivity index (χ0) is 19.1. The lowest BCUT2D eigenvalue weighted by Gasteiger charge is -2.04. The molecule has 0 aliphatic rings. The molecule has 27 heavy (non-hydrogen) atoms. The van der Waals surface area contributed by atoms with Crippen LogP contribution in [-0.2, 0) is 17.6 Å². The van der Waals surface area contributed by atoms with Crippen LogP contribution in [0.5, 0.6) is 11.5 Å². The van der Waals surface area contributed by atoms with Crippen molar-refractivity contribution in [3.05, 3.63) is 60.0 Å². The van der Waals surface area contributed by atoms with Crippen LogP contribution < -0.4 is 10.1 Å². The fourth-order valence-electron chi connectivity index (χ4n) is 2.57. The van der Waals surface area contributed by atoms with Gasteiger partial charge < -0.3 is 19.7 Å². The highest BCUT2D eigenvalue weighted by molar-refractivity contribution is 5.77. The van der Waals surface area contributed by atoms with Crippen molar-refractivity contribution >= 4 is 5.91 Å². The number of carbonyl (C=O) groups is 1. The zero-order valence-electron chi connectivity index (χ0n) is 15.0. The molecule has 0 saturated carbocycles. The first-order valence-corrected chi connectivity index (χ1v) is 8.65. The van der Waals surface area contributed by atoms with Crippen molar-refractivity contribution in [3.8, 4) is 22.9 Å². The minimum atomic E-state index is -0.161. The number of aromatic nitrogens is 2. The van der Waals surface area contributed by atoms with Crippen molar-refractivity contribution in [2.24, 2.45) is 0 Å². The minimum Gasteiger partial charge on any atom is -0.508 e. The summed E-state index contributed by atoms with van der Waals surface area (Å²) in [5, 5.41) is 16.0. The number of benzene rings is 2. The molecule has 1 aromatic heterocycles. The number of nitrogens with one attached hydrogen (secondary N) is 1. The van der Waals surface area contributed by atoms with E-state index in [9.17, 15) is 9.90 Å². The molecule has 0 radical (unpaired) electrons. The van der Waals surface area contributed by atoms with Gasteiger partial charge in [-0.2, -0.15) is 4.98 Å². The Labute approximate surface area is 157 Å². The van der Waals surface area contributed by atoms with Crippen LogP contribution in [0, 0.1) is 0 Å². The van der Waals surface area contributed by atoms with Crippen LogP contribution in [0.2, 0.25) is 0 Å². The van der Waals surface area contributed by atoms with E-state index in [-0.39, 0.29) is 24.0 Å². The highest BCUT2D eigenvalue weighted by Gasteiger charge is 2.12. The Morgan fingerprint density at radius 3 is 2.59 bits per heavy atom. The first kappa shape index (κ1) is 18.4. The average molecular weight is 367 g/mol. The van der Waals surface area contributed by atoms with E-state index in [0.717, 1.165) is 29.7 Å². The molecule has 3 rings (SSSR count). The molecule has 0 saturated heterocycles. The van der Waals surface area contributed by atoms with Gasteiger partial charge in [-0.05, 0) is 54.8 Å². The van der Waals surface area contributed by atoms with Crippen molar-refractivity contribution in [1.82, 2.24) is 15.5 Å². The van der Waals surface area contributed by atoms with Crippen LogP contribution in [0.15, 0.2) is 53.1 Å². The van der Waals surface area contributed by atoms with E-state index < -0.39 is 0 Å². The Balaban J connectivity index is 1.44. The number of aromatic hydroxyl groups is 1. The number of carbonyl (C=O) groups excluding carboxylic acids is 1. The number of nitrogens with zero attached hydrogens (tertiary/aromatic N) is 2. The third-order valence-corrected chi connectivity index (χ3v) is 4.03. The summed E-state index contributed by atoms with van der Waals surface area (Å²) in [5.41, 5.74) is 1.91. The lowest BCUT2D eigenvalue weighted by atomic mass is 10.1. The van der Waals surface area contributed by atoms with Gasteiger partial charge in [-0.15, -0.1) is 0 Å². The van der Waals surface area contributed by atoms with Crippen LogP contribution in [0.3, 0.4) is 0 Å². The van der Waals surface area contributed by atoms with Gasteiger partial charge >= 0.3 is 0 Å². The summed E-state index contributed by atoms with van der Waals surface area (Å²) in [4.78, 5) is 16.3. The van der Waals surface area contributed by atoms with Gasteiger partial charge in [0.05, 0.1) is 7.11 Å². The number of hydrogen-bond donors (Lipinski definition) is 2. The van der Waals surface area contributed by atoms with Gasteiger partial charge in [-0.1, -0.05) is 17.3 Å². The molecule has 1 heterocycles. The molecule has 2 aromatic carbocycles. The Morgan fingerprint density at radius 1 is 1.15 bits per heavy atom.